The van der Waals surface area contributed by atoms with Crippen LogP contribution in [-0.2, 0) is 17.8 Å². The third-order valence-corrected chi connectivity index (χ3v) is 3.80. The van der Waals surface area contributed by atoms with Crippen molar-refractivity contribution in [3.8, 4) is 5.75 Å². The van der Waals surface area contributed by atoms with Crippen molar-refractivity contribution in [3.05, 3.63) is 65.2 Å². The van der Waals surface area contributed by atoms with Crippen LogP contribution < -0.4 is 10.1 Å². The number of hydrogen-bond donors (Lipinski definition) is 1. The summed E-state index contributed by atoms with van der Waals surface area (Å²) >= 11 is 0. The molecule has 0 aliphatic carbocycles. The molecular formula is C18H19NO2. The first-order chi connectivity index (χ1) is 10.2. The molecule has 0 saturated carbocycles. The number of aryl methyl sites for hydroxylation is 1. The lowest BCUT2D eigenvalue weighted by Gasteiger charge is -2.24. The Hall–Kier alpha value is -2.29. The van der Waals surface area contributed by atoms with Crippen molar-refractivity contribution in [3.63, 3.8) is 0 Å². The van der Waals surface area contributed by atoms with E-state index in [-0.39, 0.29) is 11.8 Å². The lowest BCUT2D eigenvalue weighted by molar-refractivity contribution is -0.126. The number of ether oxygens (including phenoxy) is 1. The number of nitrogens with one attached hydrogen (secondary N) is 1. The van der Waals surface area contributed by atoms with E-state index in [1.165, 1.54) is 5.56 Å². The van der Waals surface area contributed by atoms with Gasteiger partial charge in [0.25, 0.3) is 0 Å². The number of carbonyl (C=O) groups excluding carboxylic acids is 1. The first-order valence-electron chi connectivity index (χ1n) is 7.26. The number of amides is 1. The molecule has 108 valence electrons. The minimum Gasteiger partial charge on any atom is -0.492 e. The fourth-order valence-electron chi connectivity index (χ4n) is 2.65. The second-order valence-electron chi connectivity index (χ2n) is 5.53. The van der Waals surface area contributed by atoms with Gasteiger partial charge in [-0.15, -0.1) is 0 Å². The number of para-hydroxylation sites is 1. The minimum atomic E-state index is -0.107. The predicted molar refractivity (Wildman–Crippen MR) is 82.2 cm³/mol. The average molecular weight is 281 g/mol. The monoisotopic (exact) mass is 281 g/mol. The maximum atomic E-state index is 12.3. The van der Waals surface area contributed by atoms with Gasteiger partial charge < -0.3 is 10.1 Å². The largest absolute Gasteiger partial charge is 0.492 e. The van der Waals surface area contributed by atoms with Gasteiger partial charge in [0.15, 0.2) is 0 Å². The molecule has 21 heavy (non-hydrogen) atoms. The van der Waals surface area contributed by atoms with E-state index in [9.17, 15) is 4.79 Å². The van der Waals surface area contributed by atoms with Gasteiger partial charge >= 0.3 is 0 Å². The van der Waals surface area contributed by atoms with Crippen LogP contribution in [0.4, 0.5) is 0 Å². The molecule has 1 atom stereocenters. The van der Waals surface area contributed by atoms with E-state index in [1.807, 2.05) is 36.4 Å². The predicted octanol–water partition coefficient (Wildman–Crippen LogP) is 2.86. The Balaban J connectivity index is 1.59. The van der Waals surface area contributed by atoms with Gasteiger partial charge in [0.05, 0.1) is 5.92 Å². The van der Waals surface area contributed by atoms with Crippen molar-refractivity contribution < 1.29 is 9.53 Å². The van der Waals surface area contributed by atoms with Crippen LogP contribution in [0.15, 0.2) is 48.5 Å². The Labute approximate surface area is 124 Å². The normalized spacial score (nSPS) is 16.7. The topological polar surface area (TPSA) is 38.3 Å². The summed E-state index contributed by atoms with van der Waals surface area (Å²) in [5.41, 5.74) is 3.44. The third kappa shape index (κ3) is 3.24. The van der Waals surface area contributed by atoms with Crippen molar-refractivity contribution in [2.24, 2.45) is 5.92 Å². The average Bonchev–Trinajstić information content (AvgIpc) is 2.52. The highest BCUT2D eigenvalue weighted by molar-refractivity contribution is 5.79. The Morgan fingerprint density at radius 3 is 2.95 bits per heavy atom. The maximum absolute atomic E-state index is 12.3. The van der Waals surface area contributed by atoms with Crippen LogP contribution in [0.25, 0.3) is 0 Å². The van der Waals surface area contributed by atoms with Crippen LogP contribution in [0.3, 0.4) is 0 Å². The number of benzene rings is 2. The van der Waals surface area contributed by atoms with Crippen molar-refractivity contribution in [1.82, 2.24) is 5.32 Å². The lowest BCUT2D eigenvalue weighted by Crippen LogP contribution is -2.37. The number of fused-ring (bicyclic) bond motifs is 1. The van der Waals surface area contributed by atoms with E-state index in [4.69, 9.17) is 4.74 Å². The highest BCUT2D eigenvalue weighted by Gasteiger charge is 2.25. The summed E-state index contributed by atoms with van der Waals surface area (Å²) in [6, 6.07) is 16.1. The molecule has 1 aliphatic rings. The Morgan fingerprint density at radius 1 is 1.24 bits per heavy atom. The molecule has 2 aromatic rings. The Bertz CT molecular complexity index is 651. The molecule has 0 radical (unpaired) electrons. The van der Waals surface area contributed by atoms with Gasteiger partial charge in [-0.3, -0.25) is 4.79 Å². The van der Waals surface area contributed by atoms with Gasteiger partial charge in [-0.1, -0.05) is 48.0 Å². The van der Waals surface area contributed by atoms with E-state index >= 15 is 0 Å². The Kier molecular flexibility index (Phi) is 3.91. The molecular weight excluding hydrogens is 262 g/mol. The van der Waals surface area contributed by atoms with E-state index < -0.39 is 0 Å². The summed E-state index contributed by atoms with van der Waals surface area (Å²) in [4.78, 5) is 12.3. The fraction of sp³-hybridized carbons (Fsp3) is 0.278. The summed E-state index contributed by atoms with van der Waals surface area (Å²) in [5, 5.41) is 3.01. The molecule has 3 nitrogen and oxygen atoms in total. The summed E-state index contributed by atoms with van der Waals surface area (Å²) in [7, 11) is 0. The molecule has 0 aromatic heterocycles. The fourth-order valence-corrected chi connectivity index (χ4v) is 2.65. The molecule has 0 fully saturated rings. The molecule has 1 aliphatic heterocycles. The van der Waals surface area contributed by atoms with Gasteiger partial charge in [0.2, 0.25) is 5.91 Å². The smallest absolute Gasteiger partial charge is 0.227 e. The summed E-state index contributed by atoms with van der Waals surface area (Å²) in [6.45, 7) is 3.08. The van der Waals surface area contributed by atoms with E-state index in [1.54, 1.807) is 0 Å². The van der Waals surface area contributed by atoms with Gasteiger partial charge in [-0.2, -0.15) is 0 Å². The first-order valence-corrected chi connectivity index (χ1v) is 7.26. The first kappa shape index (κ1) is 13.7. The van der Waals surface area contributed by atoms with Gasteiger partial charge in [-0.05, 0) is 30.5 Å². The summed E-state index contributed by atoms with van der Waals surface area (Å²) < 4.78 is 5.67. The van der Waals surface area contributed by atoms with E-state index in [2.05, 4.69) is 24.4 Å². The van der Waals surface area contributed by atoms with Crippen LogP contribution in [-0.4, -0.2) is 12.5 Å². The molecule has 1 amide bonds. The van der Waals surface area contributed by atoms with Crippen LogP contribution >= 0.6 is 0 Å². The molecule has 1 N–H and O–H groups in total. The summed E-state index contributed by atoms with van der Waals surface area (Å²) in [6.07, 6.45) is 0.746. The minimum absolute atomic E-state index is 0.0611. The maximum Gasteiger partial charge on any atom is 0.227 e. The van der Waals surface area contributed by atoms with Crippen molar-refractivity contribution in [2.75, 3.05) is 6.61 Å². The third-order valence-electron chi connectivity index (χ3n) is 3.80. The molecule has 0 unspecified atom stereocenters. The molecule has 0 bridgehead atoms. The van der Waals surface area contributed by atoms with Crippen LogP contribution in [0.5, 0.6) is 5.75 Å². The number of carbonyl (C=O) groups is 1. The van der Waals surface area contributed by atoms with Crippen LogP contribution in [0.2, 0.25) is 0 Å². The second-order valence-corrected chi connectivity index (χ2v) is 5.53. The highest BCUT2D eigenvalue weighted by atomic mass is 16.5. The van der Waals surface area contributed by atoms with Crippen molar-refractivity contribution in [1.29, 1.82) is 0 Å². The van der Waals surface area contributed by atoms with Crippen molar-refractivity contribution >= 4 is 5.91 Å². The zero-order valence-corrected chi connectivity index (χ0v) is 12.1. The zero-order valence-electron chi connectivity index (χ0n) is 12.1. The lowest BCUT2D eigenvalue weighted by atomic mass is 9.96. The number of hydrogen-bond acceptors (Lipinski definition) is 2. The van der Waals surface area contributed by atoms with E-state index in [0.29, 0.717) is 13.2 Å². The van der Waals surface area contributed by atoms with Gasteiger partial charge in [-0.25, -0.2) is 0 Å². The van der Waals surface area contributed by atoms with E-state index in [0.717, 1.165) is 23.3 Å². The molecule has 3 rings (SSSR count). The number of rotatable bonds is 3. The zero-order chi connectivity index (χ0) is 14.7. The Morgan fingerprint density at radius 2 is 2.10 bits per heavy atom. The summed E-state index contributed by atoms with van der Waals surface area (Å²) in [5.74, 6) is 0.857. The van der Waals surface area contributed by atoms with Gasteiger partial charge in [0, 0.05) is 6.54 Å². The SMILES string of the molecule is Cc1cccc(CNC(=O)[C@@H]2COc3ccccc3C2)c1. The molecule has 3 heteroatoms. The molecule has 0 spiro atoms. The quantitative estimate of drug-likeness (QED) is 0.939. The van der Waals surface area contributed by atoms with Gasteiger partial charge in [0.1, 0.15) is 12.4 Å². The molecule has 2 aromatic carbocycles. The van der Waals surface area contributed by atoms with Crippen LogP contribution in [0, 0.1) is 12.8 Å². The molecule has 0 saturated heterocycles. The standard InChI is InChI=1S/C18H19NO2/c1-13-5-4-6-14(9-13)11-19-18(20)16-10-15-7-2-3-8-17(15)21-12-16/h2-9,16H,10-12H2,1H3,(H,19,20)/t16-/m0/s1. The van der Waals surface area contributed by atoms with Crippen LogP contribution in [0.1, 0.15) is 16.7 Å². The second kappa shape index (κ2) is 6.00. The molecule has 1 heterocycles. The van der Waals surface area contributed by atoms with Crippen molar-refractivity contribution in [2.45, 2.75) is 19.9 Å². The highest BCUT2D eigenvalue weighted by Crippen LogP contribution is 2.26.